The second-order valence-electron chi connectivity index (χ2n) is 6.58. The number of aromatic nitrogens is 2. The predicted molar refractivity (Wildman–Crippen MR) is 116 cm³/mol. The number of fused-ring (bicyclic) bond motifs is 1. The molecule has 4 aromatic rings. The molecule has 11 heteroatoms. The van der Waals surface area contributed by atoms with Crippen LogP contribution in [0.2, 0.25) is 0 Å². The zero-order valence-electron chi connectivity index (χ0n) is 15.9. The molecule has 0 saturated heterocycles. The van der Waals surface area contributed by atoms with Crippen LogP contribution in [0.25, 0.3) is 21.5 Å². The molecule has 0 amide bonds. The molecule has 2 aromatic heterocycles. The molecule has 0 radical (unpaired) electrons. The fourth-order valence-corrected chi connectivity index (χ4v) is 5.09. The number of nitrogens with zero attached hydrogens (tertiary/aromatic N) is 2. The average Bonchev–Trinajstić information content (AvgIpc) is 3.18. The lowest BCUT2D eigenvalue weighted by atomic mass is 10.1. The Labute approximate surface area is 179 Å². The highest BCUT2D eigenvalue weighted by molar-refractivity contribution is 7.92. The van der Waals surface area contributed by atoms with Gasteiger partial charge in [0.15, 0.2) is 11.5 Å². The Morgan fingerprint density at radius 1 is 1.13 bits per heavy atom. The van der Waals surface area contributed by atoms with Gasteiger partial charge in [0.25, 0.3) is 15.6 Å². The summed E-state index contributed by atoms with van der Waals surface area (Å²) in [5, 5.41) is 22.2. The van der Waals surface area contributed by atoms with E-state index in [9.17, 15) is 28.2 Å². The van der Waals surface area contributed by atoms with Crippen LogP contribution in [0.4, 0.5) is 5.69 Å². The van der Waals surface area contributed by atoms with E-state index in [0.29, 0.717) is 0 Å². The summed E-state index contributed by atoms with van der Waals surface area (Å²) < 4.78 is 29.4. The molecule has 0 saturated carbocycles. The Morgan fingerprint density at radius 3 is 2.55 bits per heavy atom. The third-order valence-corrected chi connectivity index (χ3v) is 6.89. The minimum atomic E-state index is -3.99. The Hall–Kier alpha value is -3.70. The summed E-state index contributed by atoms with van der Waals surface area (Å²) in [4.78, 5) is 27.7. The molecule has 0 unspecified atom stereocenters. The minimum absolute atomic E-state index is 0.0436. The van der Waals surface area contributed by atoms with E-state index in [1.807, 2.05) is 12.1 Å². The van der Waals surface area contributed by atoms with Gasteiger partial charge in [-0.25, -0.2) is 18.2 Å². The zero-order chi connectivity index (χ0) is 22.3. The van der Waals surface area contributed by atoms with Gasteiger partial charge in [-0.2, -0.15) is 0 Å². The van der Waals surface area contributed by atoms with E-state index in [2.05, 4.69) is 9.71 Å². The monoisotopic (exact) mass is 457 g/mol. The van der Waals surface area contributed by atoms with Crippen LogP contribution < -0.4 is 10.3 Å². The van der Waals surface area contributed by atoms with Crippen LogP contribution in [-0.4, -0.2) is 34.2 Å². The number of thiophene rings is 1. The summed E-state index contributed by atoms with van der Waals surface area (Å²) in [5.74, 6) is -2.66. The van der Waals surface area contributed by atoms with Gasteiger partial charge < -0.3 is 10.2 Å². The summed E-state index contributed by atoms with van der Waals surface area (Å²) in [7, 11) is -2.68. The summed E-state index contributed by atoms with van der Waals surface area (Å²) in [6.45, 7) is 0. The van der Waals surface area contributed by atoms with E-state index in [4.69, 9.17) is 0 Å². The third-order valence-electron chi connectivity index (χ3n) is 4.61. The van der Waals surface area contributed by atoms with Crippen molar-refractivity contribution in [3.8, 4) is 16.5 Å². The number of aromatic hydroxyl groups is 1. The molecule has 0 bridgehead atoms. The van der Waals surface area contributed by atoms with E-state index in [-0.39, 0.29) is 21.3 Å². The third kappa shape index (κ3) is 3.64. The first-order valence-corrected chi connectivity index (χ1v) is 11.2. The second kappa shape index (κ2) is 7.52. The van der Waals surface area contributed by atoms with Crippen LogP contribution in [-0.2, 0) is 17.1 Å². The number of sulfonamides is 1. The summed E-state index contributed by atoms with van der Waals surface area (Å²) >= 11 is 1.07. The lowest BCUT2D eigenvalue weighted by molar-refractivity contribution is 0.0686. The lowest BCUT2D eigenvalue weighted by Crippen LogP contribution is -2.23. The molecule has 0 aliphatic rings. The topological polar surface area (TPSA) is 139 Å². The maximum Gasteiger partial charge on any atom is 0.358 e. The molecule has 4 rings (SSSR count). The number of hydrogen-bond donors (Lipinski definition) is 3. The molecule has 2 heterocycles. The van der Waals surface area contributed by atoms with Crippen LogP contribution in [0.1, 0.15) is 10.5 Å². The van der Waals surface area contributed by atoms with Crippen LogP contribution in [0.5, 0.6) is 5.75 Å². The Kier molecular flexibility index (Phi) is 4.99. The fourth-order valence-electron chi connectivity index (χ4n) is 3.04. The van der Waals surface area contributed by atoms with E-state index in [0.717, 1.165) is 26.7 Å². The van der Waals surface area contributed by atoms with Crippen LogP contribution in [0.15, 0.2) is 63.6 Å². The van der Waals surface area contributed by atoms with Gasteiger partial charge in [-0.05, 0) is 34.4 Å². The largest absolute Gasteiger partial charge is 0.501 e. The predicted octanol–water partition coefficient (Wildman–Crippen LogP) is 2.87. The molecule has 31 heavy (non-hydrogen) atoms. The molecule has 3 N–H and O–H groups in total. The van der Waals surface area contributed by atoms with E-state index >= 15 is 0 Å². The SMILES string of the molecule is Cn1c(-c2sccc2NS(=O)(=O)c2ccc3ccccc3c2)nc(C(=O)O)c(O)c1=O. The van der Waals surface area contributed by atoms with E-state index < -0.39 is 33.0 Å². The molecule has 0 spiro atoms. The van der Waals surface area contributed by atoms with Crippen molar-refractivity contribution in [3.63, 3.8) is 0 Å². The second-order valence-corrected chi connectivity index (χ2v) is 9.18. The molecular weight excluding hydrogens is 442 g/mol. The van der Waals surface area contributed by atoms with Gasteiger partial charge in [0.1, 0.15) is 0 Å². The number of aromatic carboxylic acids is 1. The van der Waals surface area contributed by atoms with Crippen molar-refractivity contribution in [1.82, 2.24) is 9.55 Å². The number of anilines is 1. The number of carboxylic acids is 1. The zero-order valence-corrected chi connectivity index (χ0v) is 17.6. The number of benzene rings is 2. The van der Waals surface area contributed by atoms with Crippen molar-refractivity contribution in [2.24, 2.45) is 7.05 Å². The first-order chi connectivity index (χ1) is 14.7. The van der Waals surface area contributed by atoms with Crippen molar-refractivity contribution in [3.05, 3.63) is 70.0 Å². The number of rotatable bonds is 5. The maximum absolute atomic E-state index is 13.0. The fraction of sp³-hybridized carbons (Fsp3) is 0.0500. The number of carboxylic acid groups (broad SMARTS) is 1. The quantitative estimate of drug-likeness (QED) is 0.419. The van der Waals surface area contributed by atoms with E-state index in [1.54, 1.807) is 29.6 Å². The molecule has 2 aromatic carbocycles. The summed E-state index contributed by atoms with van der Waals surface area (Å²) in [5.41, 5.74) is -1.64. The smallest absolute Gasteiger partial charge is 0.358 e. The van der Waals surface area contributed by atoms with Gasteiger partial charge in [-0.3, -0.25) is 14.1 Å². The summed E-state index contributed by atoms with van der Waals surface area (Å²) in [6, 6.07) is 13.5. The van der Waals surface area contributed by atoms with Gasteiger partial charge in [-0.1, -0.05) is 30.3 Å². The van der Waals surface area contributed by atoms with Crippen LogP contribution in [0.3, 0.4) is 0 Å². The van der Waals surface area contributed by atoms with Crippen LogP contribution in [0, 0.1) is 0 Å². The van der Waals surface area contributed by atoms with Crippen molar-refractivity contribution in [2.45, 2.75) is 4.90 Å². The maximum atomic E-state index is 13.0. The number of carbonyl (C=O) groups is 1. The first kappa shape index (κ1) is 20.6. The van der Waals surface area contributed by atoms with Gasteiger partial charge in [0, 0.05) is 7.05 Å². The molecular formula is C20H15N3O6S2. The highest BCUT2D eigenvalue weighted by atomic mass is 32.2. The van der Waals surface area contributed by atoms with Crippen LogP contribution >= 0.6 is 11.3 Å². The average molecular weight is 457 g/mol. The van der Waals surface area contributed by atoms with Crippen molar-refractivity contribution < 1.29 is 23.4 Å². The molecule has 0 aliphatic heterocycles. The van der Waals surface area contributed by atoms with Crippen molar-refractivity contribution in [2.75, 3.05) is 4.72 Å². The first-order valence-electron chi connectivity index (χ1n) is 8.82. The van der Waals surface area contributed by atoms with Crippen molar-refractivity contribution in [1.29, 1.82) is 0 Å². The Morgan fingerprint density at radius 2 is 1.84 bits per heavy atom. The summed E-state index contributed by atoms with van der Waals surface area (Å²) in [6.07, 6.45) is 0. The highest BCUT2D eigenvalue weighted by Crippen LogP contribution is 2.34. The Bertz CT molecular complexity index is 1510. The van der Waals surface area contributed by atoms with Gasteiger partial charge in [0.05, 0.1) is 15.5 Å². The normalized spacial score (nSPS) is 11.5. The molecule has 158 valence electrons. The number of nitrogens with one attached hydrogen (secondary N) is 1. The minimum Gasteiger partial charge on any atom is -0.501 e. The standard InChI is InChI=1S/C20H15N3O6S2/c1-23-18(21-15(20(26)27)16(24)19(23)25)17-14(8-9-30-17)22-31(28,29)13-7-6-11-4-2-3-5-12(11)10-13/h2-10,22,24H,1H3,(H,26,27). The molecule has 9 nitrogen and oxygen atoms in total. The van der Waals surface area contributed by atoms with Gasteiger partial charge >= 0.3 is 5.97 Å². The highest BCUT2D eigenvalue weighted by Gasteiger charge is 2.24. The van der Waals surface area contributed by atoms with Crippen molar-refractivity contribution >= 4 is 43.8 Å². The molecule has 0 fully saturated rings. The number of hydrogen-bond acceptors (Lipinski definition) is 7. The van der Waals surface area contributed by atoms with Gasteiger partial charge in [0.2, 0.25) is 5.75 Å². The molecule has 0 aliphatic carbocycles. The van der Waals surface area contributed by atoms with E-state index in [1.165, 1.54) is 19.2 Å². The molecule has 0 atom stereocenters. The van der Waals surface area contributed by atoms with Gasteiger partial charge in [-0.15, -0.1) is 11.3 Å². The lowest BCUT2D eigenvalue weighted by Gasteiger charge is -2.12. The Balaban J connectivity index is 1.79.